The summed E-state index contributed by atoms with van der Waals surface area (Å²) in [6, 6.07) is 10.1. The van der Waals surface area contributed by atoms with Crippen molar-refractivity contribution in [3.8, 4) is 0 Å². The topological polar surface area (TPSA) is 20.2 Å². The van der Waals surface area contributed by atoms with Gasteiger partial charge in [-0.05, 0) is 23.8 Å². The summed E-state index contributed by atoms with van der Waals surface area (Å²) in [5.74, 6) is -1.40. The number of rotatable bonds is 3. The molecule has 1 atom stereocenters. The van der Waals surface area contributed by atoms with E-state index in [0.717, 1.165) is 17.7 Å². The van der Waals surface area contributed by atoms with Crippen LogP contribution in [0.3, 0.4) is 0 Å². The van der Waals surface area contributed by atoms with E-state index in [0.29, 0.717) is 5.02 Å². The fraction of sp³-hybridized carbons (Fsp3) is 0.143. The molecule has 1 N–H and O–H groups in total. The van der Waals surface area contributed by atoms with Crippen LogP contribution in [0.4, 0.5) is 8.78 Å². The smallest absolute Gasteiger partial charge is 0.131 e. The normalized spacial score (nSPS) is 12.4. The zero-order valence-corrected chi connectivity index (χ0v) is 10.2. The van der Waals surface area contributed by atoms with E-state index in [1.807, 2.05) is 0 Å². The molecule has 1 nitrogen and oxygen atoms in total. The summed E-state index contributed by atoms with van der Waals surface area (Å²) in [5, 5.41) is 10.5. The molecule has 0 amide bonds. The molecule has 2 aromatic carbocycles. The first-order valence-electron chi connectivity index (χ1n) is 5.44. The maximum atomic E-state index is 13.4. The van der Waals surface area contributed by atoms with Crippen LogP contribution in [0.2, 0.25) is 5.02 Å². The van der Waals surface area contributed by atoms with Gasteiger partial charge in [-0.2, -0.15) is 0 Å². The summed E-state index contributed by atoms with van der Waals surface area (Å²) in [7, 11) is 0. The predicted molar refractivity (Wildman–Crippen MR) is 66.5 cm³/mol. The van der Waals surface area contributed by atoms with E-state index >= 15 is 0 Å². The molecule has 0 saturated carbocycles. The Balaban J connectivity index is 2.16. The summed E-state index contributed by atoms with van der Waals surface area (Å²) in [6.45, 7) is 0. The Morgan fingerprint density at radius 2 is 1.72 bits per heavy atom. The first kappa shape index (κ1) is 13.0. The van der Waals surface area contributed by atoms with E-state index in [9.17, 15) is 13.9 Å². The minimum Gasteiger partial charge on any atom is -0.388 e. The lowest BCUT2D eigenvalue weighted by atomic mass is 10.0. The van der Waals surface area contributed by atoms with E-state index in [2.05, 4.69) is 0 Å². The number of hydrogen-bond acceptors (Lipinski definition) is 1. The van der Waals surface area contributed by atoms with E-state index in [1.54, 1.807) is 24.3 Å². The Kier molecular flexibility index (Phi) is 3.94. The summed E-state index contributed by atoms with van der Waals surface area (Å²) in [6.07, 6.45) is -0.758. The molecular formula is C14H11ClF2O. The SMILES string of the molecule is OC(Cc1ccc(Cl)cc1)c1ccc(F)cc1F. The fourth-order valence-electron chi connectivity index (χ4n) is 1.73. The zero-order chi connectivity index (χ0) is 13.1. The van der Waals surface area contributed by atoms with Gasteiger partial charge in [0, 0.05) is 23.1 Å². The van der Waals surface area contributed by atoms with Crippen molar-refractivity contribution in [3.63, 3.8) is 0 Å². The molecule has 0 aliphatic heterocycles. The number of aliphatic hydroxyl groups is 1. The Bertz CT molecular complexity index is 540. The van der Waals surface area contributed by atoms with Gasteiger partial charge in [0.1, 0.15) is 11.6 Å². The van der Waals surface area contributed by atoms with Gasteiger partial charge in [-0.25, -0.2) is 8.78 Å². The van der Waals surface area contributed by atoms with Gasteiger partial charge in [0.05, 0.1) is 6.10 Å². The Labute approximate surface area is 109 Å². The van der Waals surface area contributed by atoms with Gasteiger partial charge in [0.15, 0.2) is 0 Å². The second kappa shape index (κ2) is 5.46. The molecule has 0 aliphatic rings. The van der Waals surface area contributed by atoms with Crippen LogP contribution in [0, 0.1) is 11.6 Å². The van der Waals surface area contributed by atoms with E-state index in [1.165, 1.54) is 6.07 Å². The maximum Gasteiger partial charge on any atom is 0.131 e. The molecule has 0 heterocycles. The van der Waals surface area contributed by atoms with Crippen molar-refractivity contribution >= 4 is 11.6 Å². The van der Waals surface area contributed by atoms with Gasteiger partial charge >= 0.3 is 0 Å². The number of halogens is 3. The van der Waals surface area contributed by atoms with Crippen LogP contribution in [-0.4, -0.2) is 5.11 Å². The third-order valence-electron chi connectivity index (χ3n) is 2.66. The molecule has 4 heteroatoms. The quantitative estimate of drug-likeness (QED) is 0.895. The molecule has 0 bridgehead atoms. The third kappa shape index (κ3) is 3.06. The fourth-order valence-corrected chi connectivity index (χ4v) is 1.85. The van der Waals surface area contributed by atoms with Gasteiger partial charge < -0.3 is 5.11 Å². The molecule has 0 aromatic heterocycles. The second-order valence-electron chi connectivity index (χ2n) is 4.01. The van der Waals surface area contributed by atoms with Crippen molar-refractivity contribution in [2.75, 3.05) is 0 Å². The third-order valence-corrected chi connectivity index (χ3v) is 2.92. The monoisotopic (exact) mass is 268 g/mol. The van der Waals surface area contributed by atoms with Gasteiger partial charge in [0.2, 0.25) is 0 Å². The van der Waals surface area contributed by atoms with Crippen LogP contribution < -0.4 is 0 Å². The molecule has 94 valence electrons. The molecule has 18 heavy (non-hydrogen) atoms. The van der Waals surface area contributed by atoms with Crippen LogP contribution in [0.1, 0.15) is 17.2 Å². The highest BCUT2D eigenvalue weighted by atomic mass is 35.5. The van der Waals surface area contributed by atoms with Crippen LogP contribution in [0.15, 0.2) is 42.5 Å². The first-order chi connectivity index (χ1) is 8.56. The van der Waals surface area contributed by atoms with Crippen molar-refractivity contribution in [3.05, 3.63) is 70.2 Å². The highest BCUT2D eigenvalue weighted by Gasteiger charge is 2.14. The van der Waals surface area contributed by atoms with Gasteiger partial charge in [-0.15, -0.1) is 0 Å². The molecule has 0 radical (unpaired) electrons. The average molecular weight is 269 g/mol. The van der Waals surface area contributed by atoms with Crippen LogP contribution in [0.5, 0.6) is 0 Å². The van der Waals surface area contributed by atoms with E-state index < -0.39 is 17.7 Å². The van der Waals surface area contributed by atoms with Crippen molar-refractivity contribution in [1.29, 1.82) is 0 Å². The Morgan fingerprint density at radius 3 is 2.33 bits per heavy atom. The number of benzene rings is 2. The van der Waals surface area contributed by atoms with Crippen LogP contribution in [0.25, 0.3) is 0 Å². The van der Waals surface area contributed by atoms with Crippen molar-refractivity contribution in [2.24, 2.45) is 0 Å². The van der Waals surface area contributed by atoms with Crippen LogP contribution in [-0.2, 0) is 6.42 Å². The lowest BCUT2D eigenvalue weighted by Gasteiger charge is -2.12. The number of aliphatic hydroxyl groups excluding tert-OH is 1. The summed E-state index contributed by atoms with van der Waals surface area (Å²) in [5.41, 5.74) is 0.918. The zero-order valence-electron chi connectivity index (χ0n) is 9.41. The van der Waals surface area contributed by atoms with Gasteiger partial charge in [0.25, 0.3) is 0 Å². The standard InChI is InChI=1S/C14H11ClF2O/c15-10-3-1-9(2-4-10)7-14(18)12-6-5-11(16)8-13(12)17/h1-6,8,14,18H,7H2. The molecule has 0 spiro atoms. The van der Waals surface area contributed by atoms with E-state index in [-0.39, 0.29) is 12.0 Å². The minimum atomic E-state index is -1.01. The summed E-state index contributed by atoms with van der Waals surface area (Å²) >= 11 is 5.74. The molecule has 0 aliphatic carbocycles. The predicted octanol–water partition coefficient (Wildman–Crippen LogP) is 3.89. The maximum absolute atomic E-state index is 13.4. The summed E-state index contributed by atoms with van der Waals surface area (Å²) in [4.78, 5) is 0. The van der Waals surface area contributed by atoms with Crippen molar-refractivity contribution in [2.45, 2.75) is 12.5 Å². The highest BCUT2D eigenvalue weighted by molar-refractivity contribution is 6.30. The molecule has 0 fully saturated rings. The van der Waals surface area contributed by atoms with Gasteiger partial charge in [-0.3, -0.25) is 0 Å². The Morgan fingerprint density at radius 1 is 1.06 bits per heavy atom. The Hall–Kier alpha value is -1.45. The molecular weight excluding hydrogens is 258 g/mol. The molecule has 2 aromatic rings. The largest absolute Gasteiger partial charge is 0.388 e. The summed E-state index contributed by atoms with van der Waals surface area (Å²) < 4.78 is 26.2. The molecule has 0 saturated heterocycles. The highest BCUT2D eigenvalue weighted by Crippen LogP contribution is 2.22. The average Bonchev–Trinajstić information content (AvgIpc) is 2.32. The number of hydrogen-bond donors (Lipinski definition) is 1. The van der Waals surface area contributed by atoms with Crippen molar-refractivity contribution < 1.29 is 13.9 Å². The van der Waals surface area contributed by atoms with Crippen LogP contribution >= 0.6 is 11.6 Å². The molecule has 1 unspecified atom stereocenters. The van der Waals surface area contributed by atoms with E-state index in [4.69, 9.17) is 11.6 Å². The van der Waals surface area contributed by atoms with Gasteiger partial charge in [-0.1, -0.05) is 29.8 Å². The minimum absolute atomic E-state index is 0.0892. The van der Waals surface area contributed by atoms with Crippen molar-refractivity contribution in [1.82, 2.24) is 0 Å². The molecule has 2 rings (SSSR count). The lowest BCUT2D eigenvalue weighted by Crippen LogP contribution is -2.04. The second-order valence-corrected chi connectivity index (χ2v) is 4.45. The first-order valence-corrected chi connectivity index (χ1v) is 5.81. The lowest BCUT2D eigenvalue weighted by molar-refractivity contribution is 0.173.